The Morgan fingerprint density at radius 2 is 2.11 bits per heavy atom. The number of pyridine rings is 1. The minimum Gasteiger partial charge on any atom is -0.473 e. The number of nitrogens with zero attached hydrogens (tertiary/aromatic N) is 2. The Balaban J connectivity index is 1.35. The van der Waals surface area contributed by atoms with Gasteiger partial charge in [-0.3, -0.25) is 9.59 Å². The van der Waals surface area contributed by atoms with E-state index in [1.54, 1.807) is 23.2 Å². The quantitative estimate of drug-likeness (QED) is 0.812. The summed E-state index contributed by atoms with van der Waals surface area (Å²) >= 11 is 1.85. The molecule has 0 spiro atoms. The summed E-state index contributed by atoms with van der Waals surface area (Å²) in [6, 6.07) is 13.1. The van der Waals surface area contributed by atoms with E-state index in [1.165, 1.54) is 0 Å². The van der Waals surface area contributed by atoms with Gasteiger partial charge < -0.3 is 15.0 Å². The summed E-state index contributed by atoms with van der Waals surface area (Å²) in [5.41, 5.74) is 1.35. The number of rotatable bonds is 6. The number of amides is 2. The van der Waals surface area contributed by atoms with Crippen molar-refractivity contribution in [2.24, 2.45) is 5.92 Å². The maximum Gasteiger partial charge on any atom is 0.256 e. The number of hydrogen-bond acceptors (Lipinski definition) is 5. The summed E-state index contributed by atoms with van der Waals surface area (Å²) in [7, 11) is 0. The van der Waals surface area contributed by atoms with Crippen LogP contribution in [0.15, 0.2) is 48.7 Å². The Morgan fingerprint density at radius 3 is 2.89 bits per heavy atom. The van der Waals surface area contributed by atoms with Crippen molar-refractivity contribution in [3.8, 4) is 5.88 Å². The summed E-state index contributed by atoms with van der Waals surface area (Å²) in [6.45, 7) is 1.06. The van der Waals surface area contributed by atoms with Gasteiger partial charge in [-0.05, 0) is 36.4 Å². The number of hydrogen-bond donors (Lipinski definition) is 1. The number of para-hydroxylation sites is 1. The maximum absolute atomic E-state index is 12.7. The SMILES string of the molecule is O=C(NCC1CC(=O)N(c2ccccc2)C1)c1cccnc1OC1CCSC1. The Kier molecular flexibility index (Phi) is 5.81. The molecule has 6 nitrogen and oxygen atoms in total. The van der Waals surface area contributed by atoms with Crippen LogP contribution in [-0.4, -0.2) is 47.5 Å². The summed E-state index contributed by atoms with van der Waals surface area (Å²) in [6.07, 6.45) is 3.16. The second-order valence-electron chi connectivity index (χ2n) is 7.08. The van der Waals surface area contributed by atoms with Crippen molar-refractivity contribution in [3.63, 3.8) is 0 Å². The highest BCUT2D eigenvalue weighted by atomic mass is 32.2. The Hall–Kier alpha value is -2.54. The second kappa shape index (κ2) is 8.65. The predicted octanol–water partition coefficient (Wildman–Crippen LogP) is 2.75. The molecule has 2 aliphatic heterocycles. The van der Waals surface area contributed by atoms with E-state index < -0.39 is 0 Å². The van der Waals surface area contributed by atoms with Crippen molar-refractivity contribution in [1.82, 2.24) is 10.3 Å². The monoisotopic (exact) mass is 397 g/mol. The molecule has 7 heteroatoms. The molecule has 2 aromatic rings. The lowest BCUT2D eigenvalue weighted by Crippen LogP contribution is -2.32. The van der Waals surface area contributed by atoms with Crippen LogP contribution in [0, 0.1) is 5.92 Å². The fourth-order valence-corrected chi connectivity index (χ4v) is 4.62. The number of carbonyl (C=O) groups is 2. The minimum absolute atomic E-state index is 0.0870. The zero-order valence-corrected chi connectivity index (χ0v) is 16.4. The minimum atomic E-state index is -0.209. The van der Waals surface area contributed by atoms with Crippen LogP contribution in [0.5, 0.6) is 5.88 Å². The largest absolute Gasteiger partial charge is 0.473 e. The first kappa shape index (κ1) is 18.8. The number of ether oxygens (including phenoxy) is 1. The number of aromatic nitrogens is 1. The highest BCUT2D eigenvalue weighted by Crippen LogP contribution is 2.26. The summed E-state index contributed by atoms with van der Waals surface area (Å²) in [5.74, 6) is 2.36. The topological polar surface area (TPSA) is 71.5 Å². The average molecular weight is 398 g/mol. The Morgan fingerprint density at radius 1 is 1.25 bits per heavy atom. The number of carbonyl (C=O) groups excluding carboxylic acids is 2. The van der Waals surface area contributed by atoms with Gasteiger partial charge in [0.05, 0.1) is 0 Å². The lowest BCUT2D eigenvalue weighted by molar-refractivity contribution is -0.117. The van der Waals surface area contributed by atoms with Crippen LogP contribution >= 0.6 is 11.8 Å². The third-order valence-electron chi connectivity index (χ3n) is 5.01. The van der Waals surface area contributed by atoms with E-state index in [4.69, 9.17) is 4.74 Å². The van der Waals surface area contributed by atoms with Crippen LogP contribution in [0.1, 0.15) is 23.2 Å². The standard InChI is InChI=1S/C21H23N3O3S/c25-19-11-15(13-24(19)16-5-2-1-3-6-16)12-23-20(26)18-7-4-9-22-21(18)27-17-8-10-28-14-17/h1-7,9,15,17H,8,10-14H2,(H,23,26). The number of nitrogens with one attached hydrogen (secondary N) is 1. The predicted molar refractivity (Wildman–Crippen MR) is 110 cm³/mol. The third-order valence-corrected chi connectivity index (χ3v) is 6.14. The van der Waals surface area contributed by atoms with E-state index in [1.807, 2.05) is 42.1 Å². The molecule has 0 radical (unpaired) electrons. The number of thioether (sulfide) groups is 1. The van der Waals surface area contributed by atoms with Crippen LogP contribution in [-0.2, 0) is 4.79 Å². The van der Waals surface area contributed by atoms with E-state index >= 15 is 0 Å². The van der Waals surface area contributed by atoms with Crippen molar-refractivity contribution in [3.05, 3.63) is 54.2 Å². The van der Waals surface area contributed by atoms with Crippen molar-refractivity contribution < 1.29 is 14.3 Å². The first-order chi connectivity index (χ1) is 13.7. The Bertz CT molecular complexity index is 840. The summed E-state index contributed by atoms with van der Waals surface area (Å²) in [5, 5.41) is 2.96. The first-order valence-electron chi connectivity index (χ1n) is 9.54. The highest BCUT2D eigenvalue weighted by molar-refractivity contribution is 7.99. The Labute approximate surface area is 168 Å². The molecule has 0 saturated carbocycles. The van der Waals surface area contributed by atoms with Gasteiger partial charge in [-0.1, -0.05) is 18.2 Å². The fourth-order valence-electron chi connectivity index (χ4n) is 3.53. The molecule has 4 rings (SSSR count). The molecule has 0 bridgehead atoms. The van der Waals surface area contributed by atoms with Gasteiger partial charge in [0, 0.05) is 43.1 Å². The smallest absolute Gasteiger partial charge is 0.256 e. The van der Waals surface area contributed by atoms with Crippen molar-refractivity contribution in [2.45, 2.75) is 18.9 Å². The molecule has 1 aromatic heterocycles. The van der Waals surface area contributed by atoms with E-state index in [9.17, 15) is 9.59 Å². The molecule has 2 aliphatic rings. The van der Waals surface area contributed by atoms with Crippen LogP contribution < -0.4 is 15.0 Å². The van der Waals surface area contributed by atoms with Crippen LogP contribution in [0.2, 0.25) is 0 Å². The zero-order valence-electron chi connectivity index (χ0n) is 15.5. The van der Waals surface area contributed by atoms with Crippen LogP contribution in [0.4, 0.5) is 5.69 Å². The maximum atomic E-state index is 12.7. The van der Waals surface area contributed by atoms with Gasteiger partial charge in [0.15, 0.2) is 0 Å². The lowest BCUT2D eigenvalue weighted by atomic mass is 10.1. The zero-order chi connectivity index (χ0) is 19.3. The number of benzene rings is 1. The van der Waals surface area contributed by atoms with Crippen LogP contribution in [0.25, 0.3) is 0 Å². The molecule has 2 saturated heterocycles. The molecular formula is C21H23N3O3S. The van der Waals surface area contributed by atoms with E-state index in [0.29, 0.717) is 31.0 Å². The first-order valence-corrected chi connectivity index (χ1v) is 10.7. The van der Waals surface area contributed by atoms with Gasteiger partial charge in [0.1, 0.15) is 11.7 Å². The normalized spacial score (nSPS) is 21.7. The van der Waals surface area contributed by atoms with Crippen molar-refractivity contribution in [1.29, 1.82) is 0 Å². The molecule has 146 valence electrons. The highest BCUT2D eigenvalue weighted by Gasteiger charge is 2.31. The van der Waals surface area contributed by atoms with E-state index in [2.05, 4.69) is 10.3 Å². The summed E-state index contributed by atoms with van der Waals surface area (Å²) < 4.78 is 5.94. The lowest BCUT2D eigenvalue weighted by Gasteiger charge is -2.17. The van der Waals surface area contributed by atoms with Crippen molar-refractivity contribution >= 4 is 29.3 Å². The van der Waals surface area contributed by atoms with Gasteiger partial charge in [0.2, 0.25) is 11.8 Å². The molecule has 2 atom stereocenters. The third kappa shape index (κ3) is 4.30. The van der Waals surface area contributed by atoms with E-state index in [0.717, 1.165) is 23.6 Å². The van der Waals surface area contributed by atoms with Gasteiger partial charge in [-0.25, -0.2) is 4.98 Å². The number of anilines is 1. The molecule has 2 fully saturated rings. The molecule has 2 unspecified atom stereocenters. The van der Waals surface area contributed by atoms with Gasteiger partial charge in [0.25, 0.3) is 5.91 Å². The summed E-state index contributed by atoms with van der Waals surface area (Å²) in [4.78, 5) is 31.1. The van der Waals surface area contributed by atoms with Gasteiger partial charge in [-0.15, -0.1) is 0 Å². The fraction of sp³-hybridized carbons (Fsp3) is 0.381. The molecule has 3 heterocycles. The molecule has 0 aliphatic carbocycles. The average Bonchev–Trinajstić information content (AvgIpc) is 3.37. The molecule has 2 amide bonds. The van der Waals surface area contributed by atoms with E-state index in [-0.39, 0.29) is 23.8 Å². The molecule has 28 heavy (non-hydrogen) atoms. The molecule has 1 N–H and O–H groups in total. The molecular weight excluding hydrogens is 374 g/mol. The molecule has 1 aromatic carbocycles. The van der Waals surface area contributed by atoms with Crippen molar-refractivity contribution in [2.75, 3.05) is 29.5 Å². The second-order valence-corrected chi connectivity index (χ2v) is 8.23. The van der Waals surface area contributed by atoms with Crippen LogP contribution in [0.3, 0.4) is 0 Å². The van der Waals surface area contributed by atoms with Gasteiger partial charge in [-0.2, -0.15) is 11.8 Å². The van der Waals surface area contributed by atoms with Gasteiger partial charge >= 0.3 is 0 Å².